The Balaban J connectivity index is 1.74. The molecule has 0 saturated carbocycles. The molecule has 0 aliphatic rings. The minimum absolute atomic E-state index is 0.259. The molecule has 0 aliphatic heterocycles. The van der Waals surface area contributed by atoms with Crippen LogP contribution >= 0.6 is 11.3 Å². The molecule has 10 heteroatoms. The van der Waals surface area contributed by atoms with Crippen LogP contribution in [-0.4, -0.2) is 23.7 Å². The molecule has 1 heterocycles. The van der Waals surface area contributed by atoms with Gasteiger partial charge < -0.3 is 14.2 Å². The van der Waals surface area contributed by atoms with Gasteiger partial charge in [-0.1, -0.05) is 6.07 Å². The zero-order valence-electron chi connectivity index (χ0n) is 19.8. The molecule has 3 aromatic rings. The van der Waals surface area contributed by atoms with Crippen LogP contribution in [0.4, 0.5) is 17.6 Å². The first kappa shape index (κ1) is 26.5. The molecule has 188 valence electrons. The van der Waals surface area contributed by atoms with Crippen molar-refractivity contribution in [2.75, 3.05) is 6.61 Å². The molecule has 0 spiro atoms. The second-order valence-electron chi connectivity index (χ2n) is 7.86. The van der Waals surface area contributed by atoms with Crippen molar-refractivity contribution < 1.29 is 36.6 Å². The summed E-state index contributed by atoms with van der Waals surface area (Å²) in [5, 5.41) is 0.397. The first-order chi connectivity index (χ1) is 16.4. The fourth-order valence-electron chi connectivity index (χ4n) is 3.37. The third-order valence-corrected chi connectivity index (χ3v) is 6.47. The molecule has 5 nitrogen and oxygen atoms in total. The van der Waals surface area contributed by atoms with Gasteiger partial charge in [0, 0.05) is 5.56 Å². The van der Waals surface area contributed by atoms with Crippen molar-refractivity contribution >= 4 is 17.3 Å². The van der Waals surface area contributed by atoms with E-state index in [0.717, 1.165) is 22.6 Å². The molecule has 0 saturated heterocycles. The summed E-state index contributed by atoms with van der Waals surface area (Å²) in [6.45, 7) is 8.99. The molecule has 0 radical (unpaired) electrons. The predicted molar refractivity (Wildman–Crippen MR) is 124 cm³/mol. The Hall–Kier alpha value is -3.14. The Morgan fingerprint density at radius 1 is 1.09 bits per heavy atom. The maximum absolute atomic E-state index is 14.0. The highest BCUT2D eigenvalue weighted by Gasteiger charge is 2.34. The summed E-state index contributed by atoms with van der Waals surface area (Å²) in [6.07, 6.45) is -5.94. The number of nitrogens with zero attached hydrogens (tertiary/aromatic N) is 1. The van der Waals surface area contributed by atoms with Crippen LogP contribution in [0.25, 0.3) is 10.6 Å². The summed E-state index contributed by atoms with van der Waals surface area (Å²) >= 11 is 1.23. The van der Waals surface area contributed by atoms with Crippen LogP contribution < -0.4 is 9.47 Å². The van der Waals surface area contributed by atoms with E-state index in [1.165, 1.54) is 17.4 Å². The van der Waals surface area contributed by atoms with Crippen LogP contribution in [0, 0.1) is 19.7 Å². The van der Waals surface area contributed by atoms with E-state index in [2.05, 4.69) is 4.98 Å². The van der Waals surface area contributed by atoms with Gasteiger partial charge >= 0.3 is 12.1 Å². The molecule has 2 unspecified atom stereocenters. The average Bonchev–Trinajstić information content (AvgIpc) is 3.16. The highest BCUT2D eigenvalue weighted by atomic mass is 32.1. The monoisotopic (exact) mass is 511 g/mol. The summed E-state index contributed by atoms with van der Waals surface area (Å²) in [7, 11) is 0. The molecule has 2 aromatic carbocycles. The van der Waals surface area contributed by atoms with E-state index >= 15 is 0 Å². The molecular formula is C25H25F4NO4S. The van der Waals surface area contributed by atoms with Crippen molar-refractivity contribution in [3.05, 3.63) is 63.9 Å². The smallest absolute Gasteiger partial charge is 0.419 e. The van der Waals surface area contributed by atoms with Crippen LogP contribution in [0.15, 0.2) is 36.4 Å². The number of hydrogen-bond acceptors (Lipinski definition) is 6. The number of aromatic nitrogens is 1. The molecule has 1 aromatic heterocycles. The van der Waals surface area contributed by atoms with Gasteiger partial charge in [0.05, 0.1) is 22.7 Å². The lowest BCUT2D eigenvalue weighted by Crippen LogP contribution is -2.26. The predicted octanol–water partition coefficient (Wildman–Crippen LogP) is 7.06. The number of ether oxygens (including phenoxy) is 3. The van der Waals surface area contributed by atoms with Crippen LogP contribution in [0.3, 0.4) is 0 Å². The number of carbonyl (C=O) groups excluding carboxylic acids is 1. The number of rotatable bonds is 8. The second-order valence-corrected chi connectivity index (χ2v) is 8.89. The fraction of sp³-hybridized carbons (Fsp3) is 0.360. The Labute approximate surface area is 204 Å². The fourth-order valence-corrected chi connectivity index (χ4v) is 4.41. The van der Waals surface area contributed by atoms with Crippen molar-refractivity contribution in [1.82, 2.24) is 4.98 Å². The summed E-state index contributed by atoms with van der Waals surface area (Å²) in [5.41, 5.74) is 0.339. The van der Waals surface area contributed by atoms with Crippen molar-refractivity contribution in [3.63, 3.8) is 0 Å². The number of alkyl halides is 3. The number of hydrogen-bond donors (Lipinski definition) is 0. The zero-order valence-corrected chi connectivity index (χ0v) is 20.6. The molecule has 0 amide bonds. The first-order valence-electron chi connectivity index (χ1n) is 10.9. The van der Waals surface area contributed by atoms with E-state index < -0.39 is 35.7 Å². The van der Waals surface area contributed by atoms with E-state index in [1.54, 1.807) is 39.0 Å². The van der Waals surface area contributed by atoms with Crippen LogP contribution in [-0.2, 0) is 15.7 Å². The van der Waals surface area contributed by atoms with Crippen molar-refractivity contribution in [1.29, 1.82) is 0 Å². The normalized spacial score (nSPS) is 13.3. The lowest BCUT2D eigenvalue weighted by atomic mass is 10.1. The van der Waals surface area contributed by atoms with Gasteiger partial charge in [-0.25, -0.2) is 14.2 Å². The minimum atomic E-state index is -4.76. The number of aryl methyl sites for hydroxylation is 2. The SMILES string of the molecule is CCOC(=O)C(C)Oc1ccc(OC(C)c2sc(-c3ccc(C(F)(F)F)c(F)c3)nc2C)cc1C. The summed E-state index contributed by atoms with van der Waals surface area (Å²) in [5.74, 6) is -0.721. The lowest BCUT2D eigenvalue weighted by molar-refractivity contribution is -0.150. The Kier molecular flexibility index (Phi) is 8.04. The van der Waals surface area contributed by atoms with Crippen LogP contribution in [0.5, 0.6) is 11.5 Å². The quantitative estimate of drug-likeness (QED) is 0.240. The third-order valence-electron chi connectivity index (χ3n) is 5.10. The number of esters is 1. The van der Waals surface area contributed by atoms with Gasteiger partial charge in [-0.3, -0.25) is 0 Å². The number of benzene rings is 2. The summed E-state index contributed by atoms with van der Waals surface area (Å²) in [6, 6.07) is 7.94. The molecule has 0 fully saturated rings. The van der Waals surface area contributed by atoms with E-state index in [-0.39, 0.29) is 12.2 Å². The highest BCUT2D eigenvalue weighted by Crippen LogP contribution is 2.37. The van der Waals surface area contributed by atoms with Crippen LogP contribution in [0.1, 0.15) is 48.6 Å². The Bertz CT molecular complexity index is 1210. The molecule has 0 N–H and O–H groups in total. The van der Waals surface area contributed by atoms with E-state index in [1.807, 2.05) is 13.8 Å². The average molecular weight is 512 g/mol. The number of carbonyl (C=O) groups is 1. The van der Waals surface area contributed by atoms with Gasteiger partial charge in [0.2, 0.25) is 0 Å². The van der Waals surface area contributed by atoms with Crippen molar-refractivity contribution in [2.45, 2.75) is 53.0 Å². The van der Waals surface area contributed by atoms with Gasteiger partial charge in [0.15, 0.2) is 6.10 Å². The van der Waals surface area contributed by atoms with Crippen molar-refractivity contribution in [2.24, 2.45) is 0 Å². The highest BCUT2D eigenvalue weighted by molar-refractivity contribution is 7.15. The molecular weight excluding hydrogens is 486 g/mol. The van der Waals surface area contributed by atoms with Crippen LogP contribution in [0.2, 0.25) is 0 Å². The molecule has 2 atom stereocenters. The molecule has 35 heavy (non-hydrogen) atoms. The maximum atomic E-state index is 14.0. The minimum Gasteiger partial charge on any atom is -0.485 e. The maximum Gasteiger partial charge on any atom is 0.419 e. The summed E-state index contributed by atoms with van der Waals surface area (Å²) in [4.78, 5) is 17.0. The topological polar surface area (TPSA) is 57.7 Å². The van der Waals surface area contributed by atoms with Gasteiger partial charge in [-0.15, -0.1) is 11.3 Å². The van der Waals surface area contributed by atoms with E-state index in [0.29, 0.717) is 22.2 Å². The van der Waals surface area contributed by atoms with E-state index in [9.17, 15) is 22.4 Å². The Morgan fingerprint density at radius 2 is 1.80 bits per heavy atom. The van der Waals surface area contributed by atoms with E-state index in [4.69, 9.17) is 14.2 Å². The zero-order chi connectivity index (χ0) is 25.9. The van der Waals surface area contributed by atoms with Gasteiger partial charge in [-0.2, -0.15) is 13.2 Å². The lowest BCUT2D eigenvalue weighted by Gasteiger charge is -2.17. The largest absolute Gasteiger partial charge is 0.485 e. The standard InChI is InChI=1S/C25H25F4NO4S/c1-6-32-24(31)16(5)34-21-10-8-18(11-13(21)2)33-15(4)22-14(3)30-23(35-22)17-7-9-19(20(26)12-17)25(27,28)29/h7-12,15-16H,6H2,1-5H3. The number of thiazole rings is 1. The molecule has 3 rings (SSSR count). The first-order valence-corrected chi connectivity index (χ1v) is 11.7. The summed E-state index contributed by atoms with van der Waals surface area (Å²) < 4.78 is 69.2. The van der Waals surface area contributed by atoms with Gasteiger partial charge in [-0.05, 0) is 70.5 Å². The van der Waals surface area contributed by atoms with Gasteiger partial charge in [0.25, 0.3) is 0 Å². The number of halogens is 4. The molecule has 0 aliphatic carbocycles. The Morgan fingerprint density at radius 3 is 2.40 bits per heavy atom. The van der Waals surface area contributed by atoms with Crippen molar-refractivity contribution in [3.8, 4) is 22.1 Å². The second kappa shape index (κ2) is 10.6. The molecule has 0 bridgehead atoms. The van der Waals surface area contributed by atoms with Gasteiger partial charge in [0.1, 0.15) is 28.4 Å². The third kappa shape index (κ3) is 6.30.